The molecule has 2 fully saturated rings. The first kappa shape index (κ1) is 18.8. The fourth-order valence-electron chi connectivity index (χ4n) is 2.99. The summed E-state index contributed by atoms with van der Waals surface area (Å²) in [6.07, 6.45) is 6.57. The lowest BCUT2D eigenvalue weighted by Crippen LogP contribution is -2.21. The lowest BCUT2D eigenvalue weighted by atomic mass is 10.2. The van der Waals surface area contributed by atoms with Gasteiger partial charge in [-0.15, -0.1) is 0 Å². The second-order valence-electron chi connectivity index (χ2n) is 7.05. The zero-order valence-corrected chi connectivity index (χ0v) is 16.4. The van der Waals surface area contributed by atoms with E-state index in [1.807, 2.05) is 24.3 Å². The van der Waals surface area contributed by atoms with E-state index in [1.165, 1.54) is 24.6 Å². The molecular weight excluding hydrogens is 348 g/mol. The first-order valence-corrected chi connectivity index (χ1v) is 9.96. The molecule has 0 atom stereocenters. The zero-order chi connectivity index (χ0) is 18.5. The van der Waals surface area contributed by atoms with Crippen molar-refractivity contribution in [3.63, 3.8) is 0 Å². The average Bonchev–Trinajstić information content (AvgIpc) is 3.23. The summed E-state index contributed by atoms with van der Waals surface area (Å²) in [5.74, 6) is 1.72. The van der Waals surface area contributed by atoms with Gasteiger partial charge < -0.3 is 14.8 Å². The van der Waals surface area contributed by atoms with Crippen LogP contribution in [0.3, 0.4) is 0 Å². The lowest BCUT2D eigenvalue weighted by molar-refractivity contribution is -0.115. The summed E-state index contributed by atoms with van der Waals surface area (Å²) >= 11 is 1.41. The molecule has 0 spiro atoms. The number of aliphatic imine (C=N–C) groups is 1. The largest absolute Gasteiger partial charge is 0.493 e. The summed E-state index contributed by atoms with van der Waals surface area (Å²) in [5, 5.41) is 3.60. The number of nitrogens with zero attached hydrogens (tertiary/aromatic N) is 1. The summed E-state index contributed by atoms with van der Waals surface area (Å²) in [4.78, 5) is 17.6. The molecule has 0 radical (unpaired) electrons. The lowest BCUT2D eigenvalue weighted by Gasteiger charge is -2.13. The summed E-state index contributed by atoms with van der Waals surface area (Å²) in [7, 11) is 1.63. The van der Waals surface area contributed by atoms with E-state index in [-0.39, 0.29) is 5.91 Å². The molecule has 2 aliphatic rings. The van der Waals surface area contributed by atoms with E-state index in [9.17, 15) is 4.79 Å². The predicted molar refractivity (Wildman–Crippen MR) is 107 cm³/mol. The molecule has 1 saturated heterocycles. The van der Waals surface area contributed by atoms with Gasteiger partial charge in [0.05, 0.1) is 24.7 Å². The maximum absolute atomic E-state index is 12.2. The SMILES string of the molecule is COc1ccc(/C=C2\SC(=NC3CCCC3)NC2=O)cc1OCC(C)C. The average molecular weight is 375 g/mol. The molecule has 5 nitrogen and oxygen atoms in total. The maximum Gasteiger partial charge on any atom is 0.264 e. The summed E-state index contributed by atoms with van der Waals surface area (Å²) in [5.41, 5.74) is 0.907. The van der Waals surface area contributed by atoms with Crippen LogP contribution in [0.1, 0.15) is 45.1 Å². The van der Waals surface area contributed by atoms with E-state index >= 15 is 0 Å². The minimum absolute atomic E-state index is 0.0905. The molecule has 1 heterocycles. The van der Waals surface area contributed by atoms with Crippen LogP contribution < -0.4 is 14.8 Å². The quantitative estimate of drug-likeness (QED) is 0.757. The molecule has 0 aromatic heterocycles. The Hall–Kier alpha value is -1.95. The summed E-state index contributed by atoms with van der Waals surface area (Å²) < 4.78 is 11.2. The molecule has 1 N–H and O–H groups in total. The molecule has 1 aromatic carbocycles. The standard InChI is InChI=1S/C20H26N2O3S/c1-13(2)12-25-17-10-14(8-9-16(17)24-3)11-18-19(23)22-20(26-18)21-15-6-4-5-7-15/h8-11,13,15H,4-7,12H2,1-3H3,(H,21,22,23)/b18-11-. The highest BCUT2D eigenvalue weighted by atomic mass is 32.2. The molecule has 1 aromatic rings. The van der Waals surface area contributed by atoms with Crippen molar-refractivity contribution in [3.8, 4) is 11.5 Å². The number of ether oxygens (including phenoxy) is 2. The third-order valence-corrected chi connectivity index (χ3v) is 5.26. The number of thioether (sulfide) groups is 1. The van der Waals surface area contributed by atoms with Gasteiger partial charge in [-0.05, 0) is 54.3 Å². The van der Waals surface area contributed by atoms with Crippen LogP contribution in [0.15, 0.2) is 28.1 Å². The molecule has 1 aliphatic carbocycles. The Morgan fingerprint density at radius 1 is 1.31 bits per heavy atom. The molecule has 1 saturated carbocycles. The van der Waals surface area contributed by atoms with Crippen molar-refractivity contribution in [2.24, 2.45) is 10.9 Å². The van der Waals surface area contributed by atoms with E-state index in [1.54, 1.807) is 7.11 Å². The van der Waals surface area contributed by atoms with Gasteiger partial charge in [-0.1, -0.05) is 32.8 Å². The molecule has 26 heavy (non-hydrogen) atoms. The Balaban J connectivity index is 1.76. The number of hydrogen-bond donors (Lipinski definition) is 1. The predicted octanol–water partition coefficient (Wildman–Crippen LogP) is 4.23. The fraction of sp³-hybridized carbons (Fsp3) is 0.500. The summed E-state index contributed by atoms with van der Waals surface area (Å²) in [6, 6.07) is 6.06. The number of hydrogen-bond acceptors (Lipinski definition) is 5. The van der Waals surface area contributed by atoms with Crippen molar-refractivity contribution in [2.45, 2.75) is 45.6 Å². The number of benzene rings is 1. The minimum Gasteiger partial charge on any atom is -0.493 e. The number of carbonyl (C=O) groups excluding carboxylic acids is 1. The van der Waals surface area contributed by atoms with Crippen LogP contribution in [0.2, 0.25) is 0 Å². The number of amides is 1. The van der Waals surface area contributed by atoms with E-state index in [0.717, 1.165) is 23.6 Å². The molecular formula is C20H26N2O3S. The van der Waals surface area contributed by atoms with Gasteiger partial charge in [-0.25, -0.2) is 0 Å². The van der Waals surface area contributed by atoms with Gasteiger partial charge in [0, 0.05) is 0 Å². The molecule has 0 bridgehead atoms. The Bertz CT molecular complexity index is 722. The number of methoxy groups -OCH3 is 1. The van der Waals surface area contributed by atoms with Crippen LogP contribution in [-0.2, 0) is 4.79 Å². The molecule has 3 rings (SSSR count). The Labute approximate surface area is 159 Å². The van der Waals surface area contributed by atoms with Crippen LogP contribution in [-0.4, -0.2) is 30.8 Å². The molecule has 140 valence electrons. The number of nitrogens with one attached hydrogen (secondary N) is 1. The molecule has 0 unspecified atom stereocenters. The van der Waals surface area contributed by atoms with Crippen LogP contribution >= 0.6 is 11.8 Å². The van der Waals surface area contributed by atoms with Gasteiger partial charge >= 0.3 is 0 Å². The smallest absolute Gasteiger partial charge is 0.264 e. The minimum atomic E-state index is -0.0905. The van der Waals surface area contributed by atoms with Crippen LogP contribution in [0.4, 0.5) is 0 Å². The van der Waals surface area contributed by atoms with Gasteiger partial charge in [-0.2, -0.15) is 0 Å². The normalized spacial score (nSPS) is 21.0. The highest BCUT2D eigenvalue weighted by molar-refractivity contribution is 8.18. The molecule has 1 amide bonds. The van der Waals surface area contributed by atoms with E-state index < -0.39 is 0 Å². The molecule has 1 aliphatic heterocycles. The topological polar surface area (TPSA) is 59.9 Å². The first-order chi connectivity index (χ1) is 12.5. The Morgan fingerprint density at radius 2 is 2.08 bits per heavy atom. The van der Waals surface area contributed by atoms with Crippen molar-refractivity contribution in [1.82, 2.24) is 5.32 Å². The van der Waals surface area contributed by atoms with Gasteiger partial charge in [-0.3, -0.25) is 9.79 Å². The fourth-order valence-corrected chi connectivity index (χ4v) is 3.88. The van der Waals surface area contributed by atoms with Crippen molar-refractivity contribution < 1.29 is 14.3 Å². The summed E-state index contributed by atoms with van der Waals surface area (Å²) in [6.45, 7) is 4.82. The van der Waals surface area contributed by atoms with Gasteiger partial charge in [0.2, 0.25) is 0 Å². The van der Waals surface area contributed by atoms with Crippen molar-refractivity contribution in [2.75, 3.05) is 13.7 Å². The molecule has 6 heteroatoms. The third-order valence-electron chi connectivity index (χ3n) is 4.33. The van der Waals surface area contributed by atoms with Crippen LogP contribution in [0.25, 0.3) is 6.08 Å². The van der Waals surface area contributed by atoms with Gasteiger partial charge in [0.15, 0.2) is 16.7 Å². The van der Waals surface area contributed by atoms with Gasteiger partial charge in [0.25, 0.3) is 5.91 Å². The number of rotatable bonds is 6. The number of carbonyl (C=O) groups is 1. The van der Waals surface area contributed by atoms with E-state index in [4.69, 9.17) is 9.47 Å². The monoisotopic (exact) mass is 374 g/mol. The third kappa shape index (κ3) is 4.81. The highest BCUT2D eigenvalue weighted by Gasteiger charge is 2.25. The second kappa shape index (κ2) is 8.62. The zero-order valence-electron chi connectivity index (χ0n) is 15.6. The highest BCUT2D eigenvalue weighted by Crippen LogP contribution is 2.32. The van der Waals surface area contributed by atoms with E-state index in [0.29, 0.717) is 35.0 Å². The van der Waals surface area contributed by atoms with Crippen molar-refractivity contribution in [1.29, 1.82) is 0 Å². The number of amidine groups is 1. The van der Waals surface area contributed by atoms with Gasteiger partial charge in [0.1, 0.15) is 0 Å². The van der Waals surface area contributed by atoms with Crippen molar-refractivity contribution >= 4 is 28.9 Å². The van der Waals surface area contributed by atoms with E-state index in [2.05, 4.69) is 24.2 Å². The second-order valence-corrected chi connectivity index (χ2v) is 8.08. The Morgan fingerprint density at radius 3 is 2.77 bits per heavy atom. The maximum atomic E-state index is 12.2. The van der Waals surface area contributed by atoms with Crippen LogP contribution in [0, 0.1) is 5.92 Å². The van der Waals surface area contributed by atoms with Crippen LogP contribution in [0.5, 0.6) is 11.5 Å². The first-order valence-electron chi connectivity index (χ1n) is 9.14. The Kier molecular flexibility index (Phi) is 6.25. The van der Waals surface area contributed by atoms with Crippen molar-refractivity contribution in [3.05, 3.63) is 28.7 Å².